The summed E-state index contributed by atoms with van der Waals surface area (Å²) in [4.78, 5) is 73.5. The molecule has 5 fully saturated rings. The lowest BCUT2D eigenvalue weighted by atomic mass is 9.89. The van der Waals surface area contributed by atoms with E-state index in [4.69, 9.17) is 19.4 Å². The van der Waals surface area contributed by atoms with Gasteiger partial charge in [0.2, 0.25) is 11.8 Å². The number of ether oxygens (including phenoxy) is 2. The summed E-state index contributed by atoms with van der Waals surface area (Å²) >= 11 is 0. The van der Waals surface area contributed by atoms with Gasteiger partial charge in [-0.15, -0.1) is 0 Å². The van der Waals surface area contributed by atoms with Gasteiger partial charge >= 0.3 is 12.2 Å². The molecule has 2 aromatic heterocycles. The lowest BCUT2D eigenvalue weighted by Crippen LogP contribution is -2.54. The van der Waals surface area contributed by atoms with Gasteiger partial charge in [-0.05, 0) is 97.1 Å². The Hall–Kier alpha value is -5.88. The smallest absolute Gasteiger partial charge is 0.407 e. The Morgan fingerprint density at radius 1 is 0.881 bits per heavy atom. The van der Waals surface area contributed by atoms with Crippen LogP contribution < -0.4 is 5.32 Å². The van der Waals surface area contributed by atoms with Crippen LogP contribution in [0.1, 0.15) is 87.4 Å². The molecular weight excluding hydrogens is 753 g/mol. The van der Waals surface area contributed by atoms with Crippen LogP contribution in [0.2, 0.25) is 0 Å². The number of aromatic amines is 2. The largest absolute Gasteiger partial charge is 0.465 e. The van der Waals surface area contributed by atoms with Gasteiger partial charge in [-0.25, -0.2) is 19.6 Å². The fourth-order valence-corrected chi connectivity index (χ4v) is 9.73. The zero-order valence-corrected chi connectivity index (χ0v) is 33.7. The minimum Gasteiger partial charge on any atom is -0.465 e. The third-order valence-corrected chi connectivity index (χ3v) is 13.1. The molecule has 59 heavy (non-hydrogen) atoms. The number of carbonyl (C=O) groups is 4. The molecule has 308 valence electrons. The van der Waals surface area contributed by atoms with Gasteiger partial charge in [0.25, 0.3) is 0 Å². The molecule has 15 heteroatoms. The van der Waals surface area contributed by atoms with Gasteiger partial charge in [-0.2, -0.15) is 0 Å². The van der Waals surface area contributed by atoms with Crippen molar-refractivity contribution in [2.45, 2.75) is 88.6 Å². The van der Waals surface area contributed by atoms with Gasteiger partial charge in [-0.1, -0.05) is 38.0 Å². The van der Waals surface area contributed by atoms with Crippen LogP contribution in [0, 0.1) is 35.5 Å². The fraction of sp³-hybridized carbons (Fsp3) is 0.500. The highest BCUT2D eigenvalue weighted by molar-refractivity contribution is 5.89. The summed E-state index contributed by atoms with van der Waals surface area (Å²) in [5, 5.41) is 14.7. The Kier molecular flexibility index (Phi) is 10.1. The highest BCUT2D eigenvalue weighted by Gasteiger charge is 2.58. The van der Waals surface area contributed by atoms with Crippen molar-refractivity contribution in [2.75, 3.05) is 27.4 Å². The zero-order chi connectivity index (χ0) is 41.1. The highest BCUT2D eigenvalue weighted by Crippen LogP contribution is 2.54. The molecular formula is C44H50N8O7. The molecule has 4 amide bonds. The third kappa shape index (κ3) is 7.39. The summed E-state index contributed by atoms with van der Waals surface area (Å²) in [7, 11) is 2.79. The molecule has 3 saturated heterocycles. The van der Waals surface area contributed by atoms with Gasteiger partial charge in [0.15, 0.2) is 0 Å². The Balaban J connectivity index is 0.884. The summed E-state index contributed by atoms with van der Waals surface area (Å²) in [5.74, 6) is 8.21. The van der Waals surface area contributed by atoms with Crippen molar-refractivity contribution in [1.29, 1.82) is 0 Å². The van der Waals surface area contributed by atoms with Gasteiger partial charge < -0.3 is 39.7 Å². The topological polar surface area (TPSA) is 186 Å². The molecule has 2 saturated carbocycles. The number of aromatic nitrogens is 4. The number of hydrogen-bond donors (Lipinski definition) is 4. The number of carboxylic acid groups (broad SMARTS) is 1. The maximum Gasteiger partial charge on any atom is 0.407 e. The molecule has 8 atom stereocenters. The molecule has 0 unspecified atom stereocenters. The second-order valence-corrected chi connectivity index (χ2v) is 17.1. The minimum absolute atomic E-state index is 0.0968. The lowest BCUT2D eigenvalue weighted by molar-refractivity contribution is -0.141. The summed E-state index contributed by atoms with van der Waals surface area (Å²) < 4.78 is 10.3. The van der Waals surface area contributed by atoms with Crippen LogP contribution in [-0.2, 0) is 19.1 Å². The number of piperidine rings is 2. The Morgan fingerprint density at radius 3 is 2.20 bits per heavy atom. The molecule has 9 rings (SSSR count). The van der Waals surface area contributed by atoms with Crippen molar-refractivity contribution >= 4 is 34.8 Å². The lowest BCUT2D eigenvalue weighted by Gasteiger charge is -2.38. The predicted molar refractivity (Wildman–Crippen MR) is 216 cm³/mol. The van der Waals surface area contributed by atoms with Crippen LogP contribution >= 0.6 is 0 Å². The van der Waals surface area contributed by atoms with Crippen LogP contribution in [0.4, 0.5) is 9.59 Å². The van der Waals surface area contributed by atoms with Crippen molar-refractivity contribution in [3.8, 4) is 23.1 Å². The monoisotopic (exact) mass is 802 g/mol. The van der Waals surface area contributed by atoms with E-state index in [1.165, 1.54) is 19.1 Å². The van der Waals surface area contributed by atoms with E-state index >= 15 is 0 Å². The van der Waals surface area contributed by atoms with Gasteiger partial charge in [0, 0.05) is 55.9 Å². The second kappa shape index (κ2) is 15.4. The van der Waals surface area contributed by atoms with Crippen LogP contribution in [0.5, 0.6) is 0 Å². The van der Waals surface area contributed by atoms with Gasteiger partial charge in [0.05, 0.1) is 24.9 Å². The van der Waals surface area contributed by atoms with Crippen molar-refractivity contribution in [2.24, 2.45) is 23.7 Å². The number of nitrogens with one attached hydrogen (secondary N) is 3. The standard InChI is InChI=1S/C44H50N8O7/c1-23(2)37(49-43(55)58-4)41(53)51-33-17-29(33)20-36(51)40-46-22-32(48-40)28-9-8-26-15-24(5-7-27(26)16-28)6-10-31-21-45-39(47-31)35-19-30-18-34(30)52(35)42(54)38(50(3)44(56)57)25-11-13-59-14-12-25/h5,7-9,15-16,21-23,25,29-30,33-38H,11-14,17-20H2,1-4H3,(H,45,47)(H,46,48)(H,49,55)(H,56,57)/t29-,30-,33-,34-,35+,36+,37+,38+/m1/s1. The minimum atomic E-state index is -1.11. The number of hydrogen-bond acceptors (Lipinski definition) is 8. The van der Waals surface area contributed by atoms with Crippen molar-refractivity contribution < 1.29 is 33.8 Å². The number of rotatable bonds is 9. The van der Waals surface area contributed by atoms with E-state index in [9.17, 15) is 24.3 Å². The maximum absolute atomic E-state index is 14.2. The van der Waals surface area contributed by atoms with E-state index in [0.717, 1.165) is 59.1 Å². The second-order valence-electron chi connectivity index (χ2n) is 17.1. The number of carbonyl (C=O) groups excluding carboxylic acids is 3. The van der Waals surface area contributed by atoms with E-state index in [-0.39, 0.29) is 47.8 Å². The average Bonchev–Trinajstić information content (AvgIpc) is 3.83. The van der Waals surface area contributed by atoms with Crippen molar-refractivity contribution in [3.05, 3.63) is 71.7 Å². The molecule has 2 aromatic carbocycles. The highest BCUT2D eigenvalue weighted by atomic mass is 16.5. The first-order chi connectivity index (χ1) is 28.5. The number of fused-ring (bicyclic) bond motifs is 3. The van der Waals surface area contributed by atoms with Gasteiger partial charge in [-0.3, -0.25) is 14.5 Å². The van der Waals surface area contributed by atoms with Gasteiger partial charge in [0.1, 0.15) is 29.4 Å². The molecule has 5 aliphatic rings. The molecule has 0 spiro atoms. The SMILES string of the molecule is COC(=O)N[C@H](C(=O)N1[C@@H]2C[C@@H]2C[C@H]1c1nc(-c2ccc3cc(C#Cc4c[nH]c([C@@H]5C[C@H]6C[C@H]6N5C(=O)[C@H](C5CCOCC5)N(C)C(=O)O)n4)ccc3c2)c[nH]1)C(C)C. The van der Waals surface area contributed by atoms with Crippen LogP contribution in [0.15, 0.2) is 48.8 Å². The number of amides is 4. The number of H-pyrrole nitrogens is 2. The summed E-state index contributed by atoms with van der Waals surface area (Å²) in [6.07, 6.45) is 6.73. The molecule has 2 aliphatic carbocycles. The number of benzene rings is 2. The molecule has 3 aliphatic heterocycles. The predicted octanol–water partition coefficient (Wildman–Crippen LogP) is 5.46. The summed E-state index contributed by atoms with van der Waals surface area (Å²) in [6.45, 7) is 4.87. The van der Waals surface area contributed by atoms with Crippen molar-refractivity contribution in [3.63, 3.8) is 0 Å². The number of imidazole rings is 2. The van der Waals surface area contributed by atoms with E-state index in [1.807, 2.05) is 54.1 Å². The number of likely N-dealkylation sites (N-methyl/N-ethyl adjacent to an activating group) is 1. The van der Waals surface area contributed by atoms with E-state index in [1.54, 1.807) is 6.20 Å². The normalized spacial score (nSPS) is 25.4. The Labute approximate surface area is 342 Å². The quantitative estimate of drug-likeness (QED) is 0.160. The van der Waals surface area contributed by atoms with E-state index in [2.05, 4.69) is 39.3 Å². The van der Waals surface area contributed by atoms with Crippen LogP contribution in [-0.4, -0.2) is 115 Å². The average molecular weight is 803 g/mol. The van der Waals surface area contributed by atoms with Crippen LogP contribution in [0.25, 0.3) is 22.0 Å². The Morgan fingerprint density at radius 2 is 1.53 bits per heavy atom. The number of nitrogens with zero attached hydrogens (tertiary/aromatic N) is 5. The number of alkyl carbamates (subject to hydrolysis) is 1. The molecule has 0 bridgehead atoms. The van der Waals surface area contributed by atoms with E-state index in [0.29, 0.717) is 49.4 Å². The fourth-order valence-electron chi connectivity index (χ4n) is 9.73. The van der Waals surface area contributed by atoms with Crippen LogP contribution in [0.3, 0.4) is 0 Å². The first-order valence-electron chi connectivity index (χ1n) is 20.7. The first-order valence-corrected chi connectivity index (χ1v) is 20.7. The number of likely N-dealkylation sites (tertiary alicyclic amines) is 2. The zero-order valence-electron chi connectivity index (χ0n) is 33.7. The summed E-state index contributed by atoms with van der Waals surface area (Å²) in [6, 6.07) is 10.6. The maximum atomic E-state index is 14.2. The molecule has 4 N–H and O–H groups in total. The van der Waals surface area contributed by atoms with Crippen molar-refractivity contribution in [1.82, 2.24) is 40.0 Å². The Bertz CT molecular complexity index is 2360. The summed E-state index contributed by atoms with van der Waals surface area (Å²) in [5.41, 5.74) is 3.13. The first kappa shape index (κ1) is 38.6. The molecule has 15 nitrogen and oxygen atoms in total. The molecule has 0 radical (unpaired) electrons. The van der Waals surface area contributed by atoms with E-state index < -0.39 is 24.3 Å². The molecule has 4 aromatic rings. The number of methoxy groups -OCH3 is 1. The third-order valence-electron chi connectivity index (χ3n) is 13.1. The molecule has 5 heterocycles.